The van der Waals surface area contributed by atoms with Crippen molar-refractivity contribution < 1.29 is 14.8 Å². The zero-order chi connectivity index (χ0) is 8.97. The molecule has 3 nitrogen and oxygen atoms in total. The molecule has 3 heteroatoms. The lowest BCUT2D eigenvalue weighted by atomic mass is 10.00. The highest BCUT2D eigenvalue weighted by atomic mass is 16.5. The van der Waals surface area contributed by atoms with E-state index in [0.717, 1.165) is 12.8 Å². The Bertz CT molecular complexity index is 159. The van der Waals surface area contributed by atoms with Gasteiger partial charge in [-0.1, -0.05) is 0 Å². The molecular weight excluding hydrogens is 154 g/mol. The summed E-state index contributed by atoms with van der Waals surface area (Å²) in [5, 5.41) is 2.13. The third kappa shape index (κ3) is 2.48. The number of nitrogens with two attached hydrogens (primary N) is 1. The van der Waals surface area contributed by atoms with Crippen LogP contribution in [0.4, 0.5) is 0 Å². The Morgan fingerprint density at radius 3 is 2.92 bits per heavy atom. The van der Waals surface area contributed by atoms with E-state index in [0.29, 0.717) is 12.6 Å². The number of ether oxygens (including phenoxy) is 1. The van der Waals surface area contributed by atoms with Gasteiger partial charge in [0.05, 0.1) is 12.6 Å². The van der Waals surface area contributed by atoms with E-state index < -0.39 is 0 Å². The van der Waals surface area contributed by atoms with Gasteiger partial charge in [-0.15, -0.1) is 0 Å². The molecule has 1 rings (SSSR count). The molecule has 2 N–H and O–H groups in total. The fraction of sp³-hybridized carbons (Fsp3) is 0.889. The highest BCUT2D eigenvalue weighted by Gasteiger charge is 2.28. The van der Waals surface area contributed by atoms with E-state index >= 15 is 0 Å². The van der Waals surface area contributed by atoms with E-state index in [1.165, 1.54) is 6.42 Å². The molecule has 2 atom stereocenters. The number of carbonyl (C=O) groups is 1. The fourth-order valence-electron chi connectivity index (χ4n) is 1.69. The Balaban J connectivity index is 2.35. The Hall–Kier alpha value is -0.570. The Morgan fingerprint density at radius 2 is 2.33 bits per heavy atom. The molecule has 12 heavy (non-hydrogen) atoms. The normalized spacial score (nSPS) is 29.8. The molecule has 0 bridgehead atoms. The molecule has 0 unspecified atom stereocenters. The lowest BCUT2D eigenvalue weighted by Gasteiger charge is -2.23. The molecule has 0 aliphatic carbocycles. The van der Waals surface area contributed by atoms with Gasteiger partial charge in [-0.3, -0.25) is 0 Å². The fourth-order valence-corrected chi connectivity index (χ4v) is 1.69. The maximum absolute atomic E-state index is 11.3. The quantitative estimate of drug-likeness (QED) is 0.598. The Kier molecular flexibility index (Phi) is 3.53. The minimum atomic E-state index is -0.0379. The van der Waals surface area contributed by atoms with Crippen LogP contribution in [0.25, 0.3) is 0 Å². The molecule has 1 saturated heterocycles. The van der Waals surface area contributed by atoms with Crippen molar-refractivity contribution in [2.24, 2.45) is 0 Å². The summed E-state index contributed by atoms with van der Waals surface area (Å²) in [6.45, 7) is 4.51. The lowest BCUT2D eigenvalue weighted by molar-refractivity contribution is -0.716. The third-order valence-electron chi connectivity index (χ3n) is 2.32. The van der Waals surface area contributed by atoms with Crippen LogP contribution < -0.4 is 5.32 Å². The predicted molar refractivity (Wildman–Crippen MR) is 45.7 cm³/mol. The van der Waals surface area contributed by atoms with Gasteiger partial charge < -0.3 is 10.1 Å². The van der Waals surface area contributed by atoms with Crippen LogP contribution in [0.5, 0.6) is 0 Å². The van der Waals surface area contributed by atoms with Crippen LogP contribution >= 0.6 is 0 Å². The molecule has 0 amide bonds. The number of hydrogen-bond donors (Lipinski definition) is 1. The van der Waals surface area contributed by atoms with Crippen LogP contribution in [-0.2, 0) is 9.53 Å². The highest BCUT2D eigenvalue weighted by Crippen LogP contribution is 2.06. The lowest BCUT2D eigenvalue weighted by Crippen LogP contribution is -2.97. The van der Waals surface area contributed by atoms with Crippen molar-refractivity contribution >= 4 is 5.97 Å². The van der Waals surface area contributed by atoms with Gasteiger partial charge in [0.15, 0.2) is 6.04 Å². The van der Waals surface area contributed by atoms with Gasteiger partial charge in [-0.05, 0) is 26.7 Å². The average molecular weight is 172 g/mol. The van der Waals surface area contributed by atoms with Gasteiger partial charge in [0.2, 0.25) is 0 Å². The predicted octanol–water partition coefficient (Wildman–Crippen LogP) is 0.0539. The summed E-state index contributed by atoms with van der Waals surface area (Å²) in [6.07, 6.45) is 3.35. The minimum absolute atomic E-state index is 0.0379. The molecule has 1 fully saturated rings. The first-order valence-electron chi connectivity index (χ1n) is 4.75. The summed E-state index contributed by atoms with van der Waals surface area (Å²) < 4.78 is 4.96. The van der Waals surface area contributed by atoms with E-state index in [1.54, 1.807) is 0 Å². The molecule has 0 aromatic heterocycles. The van der Waals surface area contributed by atoms with E-state index in [9.17, 15) is 4.79 Å². The molecule has 1 heterocycles. The highest BCUT2D eigenvalue weighted by molar-refractivity contribution is 5.74. The van der Waals surface area contributed by atoms with Gasteiger partial charge in [0, 0.05) is 6.42 Å². The summed E-state index contributed by atoms with van der Waals surface area (Å²) in [6, 6.07) is 0.641. The monoisotopic (exact) mass is 172 g/mol. The maximum Gasteiger partial charge on any atom is 0.364 e. The Morgan fingerprint density at radius 1 is 1.58 bits per heavy atom. The molecule has 70 valence electrons. The number of rotatable bonds is 2. The molecule has 1 aliphatic rings. The number of quaternary nitrogens is 1. The SMILES string of the molecule is CCOC(=O)[C@@H]1CCC[C@@H](C)[NH2+]1. The smallest absolute Gasteiger partial charge is 0.364 e. The van der Waals surface area contributed by atoms with Crippen LogP contribution in [0.15, 0.2) is 0 Å². The molecule has 1 aliphatic heterocycles. The van der Waals surface area contributed by atoms with Crippen molar-refractivity contribution in [3.63, 3.8) is 0 Å². The summed E-state index contributed by atoms with van der Waals surface area (Å²) in [4.78, 5) is 11.3. The third-order valence-corrected chi connectivity index (χ3v) is 2.32. The van der Waals surface area contributed by atoms with Gasteiger partial charge >= 0.3 is 5.97 Å². The van der Waals surface area contributed by atoms with Gasteiger partial charge in [0.25, 0.3) is 0 Å². The van der Waals surface area contributed by atoms with Crippen molar-refractivity contribution in [1.82, 2.24) is 0 Å². The number of piperidine rings is 1. The average Bonchev–Trinajstić information content (AvgIpc) is 2.05. The first-order valence-corrected chi connectivity index (χ1v) is 4.75. The van der Waals surface area contributed by atoms with Crippen molar-refractivity contribution in [3.8, 4) is 0 Å². The van der Waals surface area contributed by atoms with Crippen LogP contribution in [-0.4, -0.2) is 24.7 Å². The number of esters is 1. The summed E-state index contributed by atoms with van der Waals surface area (Å²) in [5.74, 6) is -0.0379. The first kappa shape index (κ1) is 9.52. The largest absolute Gasteiger partial charge is 0.462 e. The zero-order valence-corrected chi connectivity index (χ0v) is 7.88. The van der Waals surface area contributed by atoms with E-state index in [4.69, 9.17) is 4.74 Å². The molecule has 0 saturated carbocycles. The van der Waals surface area contributed by atoms with Crippen molar-refractivity contribution in [2.75, 3.05) is 6.61 Å². The summed E-state index contributed by atoms with van der Waals surface area (Å²) >= 11 is 0. The Labute approximate surface area is 73.5 Å². The first-order chi connectivity index (χ1) is 5.74. The molecular formula is C9H18NO2+. The van der Waals surface area contributed by atoms with Gasteiger partial charge in [0.1, 0.15) is 0 Å². The minimum Gasteiger partial charge on any atom is -0.462 e. The summed E-state index contributed by atoms with van der Waals surface area (Å²) in [5.41, 5.74) is 0. The molecule has 0 spiro atoms. The van der Waals surface area contributed by atoms with Crippen LogP contribution in [0, 0.1) is 0 Å². The number of hydrogen-bond acceptors (Lipinski definition) is 2. The second kappa shape index (κ2) is 4.45. The van der Waals surface area contributed by atoms with E-state index in [1.807, 2.05) is 6.92 Å². The van der Waals surface area contributed by atoms with Crippen LogP contribution in [0.1, 0.15) is 33.1 Å². The van der Waals surface area contributed by atoms with Gasteiger partial charge in [-0.25, -0.2) is 4.79 Å². The van der Waals surface area contributed by atoms with Crippen LogP contribution in [0.2, 0.25) is 0 Å². The molecule has 0 aromatic rings. The van der Waals surface area contributed by atoms with Gasteiger partial charge in [-0.2, -0.15) is 0 Å². The summed E-state index contributed by atoms with van der Waals surface area (Å²) in [7, 11) is 0. The van der Waals surface area contributed by atoms with Crippen LogP contribution in [0.3, 0.4) is 0 Å². The van der Waals surface area contributed by atoms with Crippen molar-refractivity contribution in [2.45, 2.75) is 45.2 Å². The second-order valence-electron chi connectivity index (χ2n) is 3.46. The van der Waals surface area contributed by atoms with Crippen molar-refractivity contribution in [3.05, 3.63) is 0 Å². The van der Waals surface area contributed by atoms with Crippen molar-refractivity contribution in [1.29, 1.82) is 0 Å². The van der Waals surface area contributed by atoms with E-state index in [2.05, 4.69) is 12.2 Å². The maximum atomic E-state index is 11.3. The number of carbonyl (C=O) groups excluding carboxylic acids is 1. The second-order valence-corrected chi connectivity index (χ2v) is 3.46. The molecule has 0 aromatic carbocycles. The molecule has 0 radical (unpaired) electrons. The topological polar surface area (TPSA) is 42.9 Å². The standard InChI is InChI=1S/C9H17NO2/c1-3-12-9(11)8-6-4-5-7(2)10-8/h7-8,10H,3-6H2,1-2H3/p+1/t7-,8+/m1/s1. The zero-order valence-electron chi connectivity index (χ0n) is 7.88. The van der Waals surface area contributed by atoms with E-state index in [-0.39, 0.29) is 12.0 Å².